The van der Waals surface area contributed by atoms with Crippen molar-refractivity contribution in [2.75, 3.05) is 0 Å². The van der Waals surface area contributed by atoms with Gasteiger partial charge in [0.15, 0.2) is 0 Å². The maximum atomic E-state index is 13.9. The third-order valence-corrected chi connectivity index (χ3v) is 4.24. The second-order valence-electron chi connectivity index (χ2n) is 4.49. The number of hydrogen-bond acceptors (Lipinski definition) is 3. The molecule has 0 fully saturated rings. The van der Waals surface area contributed by atoms with Crippen molar-refractivity contribution in [3.8, 4) is 0 Å². The van der Waals surface area contributed by atoms with Crippen molar-refractivity contribution in [3.63, 3.8) is 0 Å². The molecule has 1 aromatic rings. The van der Waals surface area contributed by atoms with Gasteiger partial charge >= 0.3 is 0 Å². The van der Waals surface area contributed by atoms with Crippen LogP contribution in [0.15, 0.2) is 67.6 Å². The van der Waals surface area contributed by atoms with Crippen LogP contribution in [0.3, 0.4) is 0 Å². The minimum atomic E-state index is -0.634. The van der Waals surface area contributed by atoms with Gasteiger partial charge in [-0.05, 0) is 30.4 Å². The van der Waals surface area contributed by atoms with E-state index in [1.54, 1.807) is 24.4 Å². The number of aliphatic imine (C=N–C) groups is 2. The van der Waals surface area contributed by atoms with Crippen molar-refractivity contribution in [1.29, 1.82) is 0 Å². The normalized spacial score (nSPS) is 21.1. The average molecular weight is 313 g/mol. The summed E-state index contributed by atoms with van der Waals surface area (Å²) in [5, 5.41) is 0. The summed E-state index contributed by atoms with van der Waals surface area (Å²) in [4.78, 5) is 12.8. The van der Waals surface area contributed by atoms with Crippen LogP contribution in [0, 0.1) is 18.2 Å². The lowest BCUT2D eigenvalue weighted by Gasteiger charge is -2.13. The number of benzene rings is 1. The van der Waals surface area contributed by atoms with Crippen molar-refractivity contribution in [2.24, 2.45) is 9.98 Å². The SMILES string of the molecule is [C-]#[N+]C1=CC(/C(Sc2ccc(F)cc2F)=C2/C=CC=N2)N=C1. The van der Waals surface area contributed by atoms with Crippen LogP contribution in [-0.2, 0) is 0 Å². The zero-order valence-corrected chi connectivity index (χ0v) is 12.0. The van der Waals surface area contributed by atoms with Crippen LogP contribution in [0.1, 0.15) is 0 Å². The Morgan fingerprint density at radius 2 is 2.18 bits per heavy atom. The van der Waals surface area contributed by atoms with E-state index in [4.69, 9.17) is 6.57 Å². The van der Waals surface area contributed by atoms with E-state index < -0.39 is 11.6 Å². The first kappa shape index (κ1) is 14.4. The Hall–Kier alpha value is -2.52. The van der Waals surface area contributed by atoms with Crippen molar-refractivity contribution < 1.29 is 8.78 Å². The van der Waals surface area contributed by atoms with Gasteiger partial charge in [0.1, 0.15) is 11.6 Å². The molecule has 0 amide bonds. The highest BCUT2D eigenvalue weighted by Gasteiger charge is 2.22. The largest absolute Gasteiger partial charge is 0.293 e. The molecule has 0 aromatic heterocycles. The Bertz CT molecular complexity index is 799. The maximum Gasteiger partial charge on any atom is 0.203 e. The highest BCUT2D eigenvalue weighted by Crippen LogP contribution is 2.37. The number of thioether (sulfide) groups is 1. The van der Waals surface area contributed by atoms with Crippen LogP contribution in [0.4, 0.5) is 8.78 Å². The molecule has 1 aromatic carbocycles. The summed E-state index contributed by atoms with van der Waals surface area (Å²) in [6.07, 6.45) is 8.39. The van der Waals surface area contributed by atoms with Gasteiger partial charge in [-0.15, -0.1) is 0 Å². The van der Waals surface area contributed by atoms with Gasteiger partial charge in [0.05, 0.1) is 18.3 Å². The summed E-state index contributed by atoms with van der Waals surface area (Å²) < 4.78 is 26.9. The highest BCUT2D eigenvalue weighted by atomic mass is 32.2. The number of allylic oxidation sites excluding steroid dienone is 3. The molecule has 0 radical (unpaired) electrons. The zero-order valence-electron chi connectivity index (χ0n) is 11.2. The van der Waals surface area contributed by atoms with E-state index in [9.17, 15) is 8.78 Å². The Morgan fingerprint density at radius 3 is 2.82 bits per heavy atom. The first-order chi connectivity index (χ1) is 10.7. The van der Waals surface area contributed by atoms with Gasteiger partial charge in [-0.1, -0.05) is 11.8 Å². The smallest absolute Gasteiger partial charge is 0.203 e. The minimum absolute atomic E-state index is 0.291. The molecule has 1 unspecified atom stereocenters. The van der Waals surface area contributed by atoms with Gasteiger partial charge in [0.2, 0.25) is 5.70 Å². The number of halogens is 2. The molecular formula is C16H9F2N3S. The predicted octanol–water partition coefficient (Wildman–Crippen LogP) is 4.17. The number of hydrogen-bond donors (Lipinski definition) is 0. The van der Waals surface area contributed by atoms with Crippen LogP contribution < -0.4 is 0 Å². The Morgan fingerprint density at radius 1 is 1.32 bits per heavy atom. The summed E-state index contributed by atoms with van der Waals surface area (Å²) in [7, 11) is 0. The zero-order chi connectivity index (χ0) is 15.5. The van der Waals surface area contributed by atoms with Gasteiger partial charge in [0.25, 0.3) is 0 Å². The second-order valence-corrected chi connectivity index (χ2v) is 5.57. The summed E-state index contributed by atoms with van der Waals surface area (Å²) in [6, 6.07) is 3.06. The molecule has 2 aliphatic heterocycles. The van der Waals surface area contributed by atoms with Crippen molar-refractivity contribution in [2.45, 2.75) is 10.9 Å². The van der Waals surface area contributed by atoms with Gasteiger partial charge in [-0.3, -0.25) is 9.98 Å². The standard InChI is InChI=1S/C16H9F2N3S/c1-19-11-8-14(21-9-11)16(13-3-2-6-20-13)22-15-5-4-10(17)7-12(15)18/h2-9,14H/b16-13+. The minimum Gasteiger partial charge on any atom is -0.293 e. The molecule has 22 heavy (non-hydrogen) atoms. The molecule has 0 aliphatic carbocycles. The summed E-state index contributed by atoms with van der Waals surface area (Å²) in [5.41, 5.74) is 1.10. The average Bonchev–Trinajstić information content (AvgIpc) is 3.18. The summed E-state index contributed by atoms with van der Waals surface area (Å²) in [6.45, 7) is 7.02. The Labute approximate surface area is 130 Å². The first-order valence-electron chi connectivity index (χ1n) is 6.37. The molecule has 2 aliphatic rings. The van der Waals surface area contributed by atoms with Gasteiger partial charge in [0, 0.05) is 28.3 Å². The molecule has 6 heteroatoms. The molecule has 0 bridgehead atoms. The first-order valence-corrected chi connectivity index (χ1v) is 7.19. The Kier molecular flexibility index (Phi) is 3.98. The number of rotatable bonds is 3. The topological polar surface area (TPSA) is 29.1 Å². The molecule has 0 saturated carbocycles. The van der Waals surface area contributed by atoms with Crippen LogP contribution in [0.25, 0.3) is 4.85 Å². The van der Waals surface area contributed by atoms with Crippen molar-refractivity contribution in [1.82, 2.24) is 0 Å². The summed E-state index contributed by atoms with van der Waals surface area (Å²) >= 11 is 1.14. The van der Waals surface area contributed by atoms with Crippen molar-refractivity contribution in [3.05, 3.63) is 75.8 Å². The molecule has 2 heterocycles. The third kappa shape index (κ3) is 2.90. The molecule has 1 atom stereocenters. The van der Waals surface area contributed by atoms with E-state index in [0.29, 0.717) is 21.2 Å². The molecule has 0 saturated heterocycles. The van der Waals surface area contributed by atoms with E-state index in [1.165, 1.54) is 18.3 Å². The molecular weight excluding hydrogens is 304 g/mol. The lowest BCUT2D eigenvalue weighted by atomic mass is 10.2. The van der Waals surface area contributed by atoms with E-state index in [-0.39, 0.29) is 6.04 Å². The van der Waals surface area contributed by atoms with Gasteiger partial charge in [-0.2, -0.15) is 0 Å². The van der Waals surface area contributed by atoms with Gasteiger partial charge in [-0.25, -0.2) is 13.6 Å². The van der Waals surface area contributed by atoms with E-state index in [0.717, 1.165) is 17.8 Å². The van der Waals surface area contributed by atoms with E-state index >= 15 is 0 Å². The lowest BCUT2D eigenvalue weighted by molar-refractivity contribution is 0.566. The predicted molar refractivity (Wildman–Crippen MR) is 83.8 cm³/mol. The number of nitrogens with zero attached hydrogens (tertiary/aromatic N) is 3. The second kappa shape index (κ2) is 6.08. The van der Waals surface area contributed by atoms with Crippen LogP contribution in [0.2, 0.25) is 0 Å². The molecule has 0 spiro atoms. The molecule has 0 N–H and O–H groups in total. The van der Waals surface area contributed by atoms with Crippen molar-refractivity contribution >= 4 is 24.2 Å². The van der Waals surface area contributed by atoms with Crippen LogP contribution >= 0.6 is 11.8 Å². The summed E-state index contributed by atoms with van der Waals surface area (Å²) in [5.74, 6) is -1.26. The quantitative estimate of drug-likeness (QED) is 0.608. The molecule has 3 rings (SSSR count). The van der Waals surface area contributed by atoms with Gasteiger partial charge < -0.3 is 0 Å². The van der Waals surface area contributed by atoms with Crippen LogP contribution in [-0.4, -0.2) is 18.5 Å². The monoisotopic (exact) mass is 313 g/mol. The van der Waals surface area contributed by atoms with E-state index in [1.807, 2.05) is 0 Å². The fourth-order valence-electron chi connectivity index (χ4n) is 2.00. The van der Waals surface area contributed by atoms with E-state index in [2.05, 4.69) is 14.8 Å². The highest BCUT2D eigenvalue weighted by molar-refractivity contribution is 8.03. The lowest BCUT2D eigenvalue weighted by Crippen LogP contribution is -2.02. The fourth-order valence-corrected chi connectivity index (χ4v) is 3.01. The third-order valence-electron chi connectivity index (χ3n) is 3.01. The Balaban J connectivity index is 1.98. The van der Waals surface area contributed by atoms with Crippen LogP contribution in [0.5, 0.6) is 0 Å². The maximum absolute atomic E-state index is 13.9. The molecule has 3 nitrogen and oxygen atoms in total. The molecule has 108 valence electrons. The fraction of sp³-hybridized carbons (Fsp3) is 0.0625.